The summed E-state index contributed by atoms with van der Waals surface area (Å²) in [6, 6.07) is 17.8. The minimum absolute atomic E-state index is 0.0936. The van der Waals surface area contributed by atoms with Crippen LogP contribution in [0.3, 0.4) is 0 Å². The molecule has 202 valence electrons. The summed E-state index contributed by atoms with van der Waals surface area (Å²) in [6.45, 7) is 0.772. The van der Waals surface area contributed by atoms with E-state index < -0.39 is 5.91 Å². The smallest absolute Gasteiger partial charge is 0.253 e. The van der Waals surface area contributed by atoms with Crippen LogP contribution in [0.5, 0.6) is 11.5 Å². The largest absolute Gasteiger partial charge is 0.457 e. The number of nitrogens with zero attached hydrogens (tertiary/aromatic N) is 1. The molecule has 6 rings (SSSR count). The molecular formula is C30H28Cl3N3O3. The zero-order valence-corrected chi connectivity index (χ0v) is 23.5. The van der Waals surface area contributed by atoms with Crippen molar-refractivity contribution in [1.82, 2.24) is 15.5 Å². The van der Waals surface area contributed by atoms with Crippen LogP contribution < -0.4 is 15.4 Å². The van der Waals surface area contributed by atoms with E-state index in [4.69, 9.17) is 39.5 Å². The molecule has 2 fully saturated rings. The number of hydrogen-bond donors (Lipinski definition) is 2. The highest BCUT2D eigenvalue weighted by Gasteiger charge is 2.41. The van der Waals surface area contributed by atoms with Crippen molar-refractivity contribution in [3.8, 4) is 11.5 Å². The van der Waals surface area contributed by atoms with Gasteiger partial charge in [0.25, 0.3) is 5.91 Å². The molecule has 39 heavy (non-hydrogen) atoms. The van der Waals surface area contributed by atoms with Crippen LogP contribution in [0.25, 0.3) is 0 Å². The lowest BCUT2D eigenvalue weighted by molar-refractivity contribution is -0.121. The van der Waals surface area contributed by atoms with Gasteiger partial charge < -0.3 is 15.4 Å². The van der Waals surface area contributed by atoms with Gasteiger partial charge in [0.2, 0.25) is 5.91 Å². The molecule has 0 aliphatic carbocycles. The fraction of sp³-hybridized carbons (Fsp3) is 0.333. The molecule has 3 aliphatic heterocycles. The third-order valence-corrected chi connectivity index (χ3v) is 8.80. The van der Waals surface area contributed by atoms with E-state index in [0.717, 1.165) is 42.8 Å². The Bertz CT molecular complexity index is 1410. The van der Waals surface area contributed by atoms with Crippen molar-refractivity contribution >= 4 is 46.6 Å². The van der Waals surface area contributed by atoms with Crippen molar-refractivity contribution < 1.29 is 14.3 Å². The number of carbonyl (C=O) groups excluding carboxylic acids is 2. The molecule has 6 nitrogen and oxygen atoms in total. The number of fused-ring (bicyclic) bond motifs is 4. The number of nitrogens with one attached hydrogen (secondary N) is 2. The second kappa shape index (κ2) is 11.0. The third kappa shape index (κ3) is 5.62. The molecule has 2 unspecified atom stereocenters. The SMILES string of the molecule is O=C(CNC(=O)c1c(Cl)ccc2c1Cc1cc(Cl)ccc1O2)NC1CC2CCC(C1)N2Cc1ccc(Cl)cc1. The summed E-state index contributed by atoms with van der Waals surface area (Å²) in [6.07, 6.45) is 4.53. The van der Waals surface area contributed by atoms with E-state index >= 15 is 0 Å². The number of benzene rings is 3. The number of hydrogen-bond acceptors (Lipinski definition) is 4. The summed E-state index contributed by atoms with van der Waals surface area (Å²) < 4.78 is 6.00. The average Bonchev–Trinajstić information content (AvgIpc) is 3.14. The van der Waals surface area contributed by atoms with Crippen LogP contribution in [0.2, 0.25) is 15.1 Å². The van der Waals surface area contributed by atoms with E-state index in [1.54, 1.807) is 18.2 Å². The van der Waals surface area contributed by atoms with Gasteiger partial charge in [0.05, 0.1) is 17.1 Å². The first kappa shape index (κ1) is 26.5. The third-order valence-electron chi connectivity index (χ3n) is 7.99. The Balaban J connectivity index is 1.05. The highest BCUT2D eigenvalue weighted by molar-refractivity contribution is 6.34. The van der Waals surface area contributed by atoms with Gasteiger partial charge in [0.1, 0.15) is 11.5 Å². The van der Waals surface area contributed by atoms with E-state index in [1.807, 2.05) is 24.3 Å². The van der Waals surface area contributed by atoms with Crippen molar-refractivity contribution in [2.24, 2.45) is 0 Å². The van der Waals surface area contributed by atoms with Crippen molar-refractivity contribution in [1.29, 1.82) is 0 Å². The first-order chi connectivity index (χ1) is 18.8. The Labute approximate surface area is 242 Å². The first-order valence-corrected chi connectivity index (χ1v) is 14.3. The monoisotopic (exact) mass is 583 g/mol. The molecule has 3 aliphatic rings. The number of halogens is 3. The van der Waals surface area contributed by atoms with Gasteiger partial charge in [-0.2, -0.15) is 0 Å². The molecule has 2 amide bonds. The number of piperidine rings is 1. The molecule has 0 spiro atoms. The van der Waals surface area contributed by atoms with Gasteiger partial charge in [0.15, 0.2) is 0 Å². The summed E-state index contributed by atoms with van der Waals surface area (Å²) in [5.74, 6) is 0.671. The van der Waals surface area contributed by atoms with Crippen LogP contribution in [0, 0.1) is 0 Å². The van der Waals surface area contributed by atoms with E-state index in [-0.39, 0.29) is 18.5 Å². The van der Waals surface area contributed by atoms with Crippen molar-refractivity contribution in [2.75, 3.05) is 6.54 Å². The van der Waals surface area contributed by atoms with E-state index in [9.17, 15) is 9.59 Å². The lowest BCUT2D eigenvalue weighted by atomic mass is 9.95. The summed E-state index contributed by atoms with van der Waals surface area (Å²) in [5, 5.41) is 7.55. The molecule has 2 N–H and O–H groups in total. The minimum Gasteiger partial charge on any atom is -0.457 e. The number of amides is 2. The molecule has 0 radical (unpaired) electrons. The molecule has 0 saturated carbocycles. The number of carbonyl (C=O) groups is 2. The van der Waals surface area contributed by atoms with Crippen molar-refractivity contribution in [2.45, 2.75) is 56.8 Å². The minimum atomic E-state index is -0.404. The first-order valence-electron chi connectivity index (χ1n) is 13.2. The summed E-state index contributed by atoms with van der Waals surface area (Å²) in [7, 11) is 0. The van der Waals surface area contributed by atoms with Gasteiger partial charge in [0, 0.05) is 52.3 Å². The van der Waals surface area contributed by atoms with E-state index in [1.165, 1.54) is 5.56 Å². The van der Waals surface area contributed by atoms with E-state index in [2.05, 4.69) is 27.7 Å². The maximum atomic E-state index is 13.2. The van der Waals surface area contributed by atoms with Crippen LogP contribution in [0.1, 0.15) is 52.7 Å². The molecular weight excluding hydrogens is 557 g/mol. The summed E-state index contributed by atoms with van der Waals surface area (Å²) in [4.78, 5) is 28.6. The average molecular weight is 585 g/mol. The zero-order chi connectivity index (χ0) is 27.1. The Hall–Kier alpha value is -2.77. The lowest BCUT2D eigenvalue weighted by Crippen LogP contribution is -2.51. The van der Waals surface area contributed by atoms with Crippen LogP contribution in [-0.4, -0.2) is 41.4 Å². The molecule has 9 heteroatoms. The second-order valence-corrected chi connectivity index (χ2v) is 11.8. The van der Waals surface area contributed by atoms with E-state index in [0.29, 0.717) is 51.2 Å². The second-order valence-electron chi connectivity index (χ2n) is 10.5. The predicted octanol–water partition coefficient (Wildman–Crippen LogP) is 6.38. The Morgan fingerprint density at radius 3 is 2.33 bits per heavy atom. The van der Waals surface area contributed by atoms with Gasteiger partial charge >= 0.3 is 0 Å². The van der Waals surface area contributed by atoms with Gasteiger partial charge in [-0.1, -0.05) is 46.9 Å². The molecule has 3 heterocycles. The fourth-order valence-corrected chi connectivity index (χ4v) is 6.77. The highest BCUT2D eigenvalue weighted by Crippen LogP contribution is 2.41. The number of ether oxygens (including phenoxy) is 1. The molecule has 0 aromatic heterocycles. The fourth-order valence-electron chi connectivity index (χ4n) is 6.19. The molecule has 3 aromatic rings. The quantitative estimate of drug-likeness (QED) is 0.276. The van der Waals surface area contributed by atoms with Crippen LogP contribution >= 0.6 is 34.8 Å². The number of rotatable bonds is 6. The molecule has 2 saturated heterocycles. The highest BCUT2D eigenvalue weighted by atomic mass is 35.5. The Kier molecular flexibility index (Phi) is 7.47. The maximum absolute atomic E-state index is 13.2. The zero-order valence-electron chi connectivity index (χ0n) is 21.2. The van der Waals surface area contributed by atoms with Gasteiger partial charge in [-0.25, -0.2) is 0 Å². The summed E-state index contributed by atoms with van der Waals surface area (Å²) in [5.41, 5.74) is 3.13. The topological polar surface area (TPSA) is 70.7 Å². The summed E-state index contributed by atoms with van der Waals surface area (Å²) >= 11 is 18.6. The predicted molar refractivity (Wildman–Crippen MR) is 153 cm³/mol. The Morgan fingerprint density at radius 2 is 1.59 bits per heavy atom. The van der Waals surface area contributed by atoms with Crippen LogP contribution in [0.4, 0.5) is 0 Å². The lowest BCUT2D eigenvalue weighted by Gasteiger charge is -2.39. The van der Waals surface area contributed by atoms with Gasteiger partial charge in [-0.15, -0.1) is 0 Å². The maximum Gasteiger partial charge on any atom is 0.253 e. The normalized spacial score (nSPS) is 21.5. The van der Waals surface area contributed by atoms with Crippen LogP contribution in [0.15, 0.2) is 54.6 Å². The van der Waals surface area contributed by atoms with Gasteiger partial charge in [-0.05, 0) is 73.7 Å². The Morgan fingerprint density at radius 1 is 0.897 bits per heavy atom. The standard InChI is InChI=1S/C30H28Cl3N3O3/c31-19-3-1-17(2-4-19)16-36-22-6-7-23(36)14-21(13-22)35-28(37)15-34-30(38)29-24-12-18-11-20(32)5-9-26(18)39-27(24)10-8-25(29)33/h1-5,8-11,21-23H,6-7,12-16H2,(H,34,38)(H,35,37). The molecule has 3 aromatic carbocycles. The molecule has 2 atom stereocenters. The molecule has 2 bridgehead atoms. The van der Waals surface area contributed by atoms with Gasteiger partial charge in [-0.3, -0.25) is 14.5 Å². The van der Waals surface area contributed by atoms with Crippen molar-refractivity contribution in [3.63, 3.8) is 0 Å². The van der Waals surface area contributed by atoms with Crippen molar-refractivity contribution in [3.05, 3.63) is 91.9 Å². The van der Waals surface area contributed by atoms with Crippen LogP contribution in [-0.2, 0) is 17.8 Å².